The predicted molar refractivity (Wildman–Crippen MR) is 146 cm³/mol. The van der Waals surface area contributed by atoms with Crippen molar-refractivity contribution in [1.82, 2.24) is 29.5 Å². The van der Waals surface area contributed by atoms with Gasteiger partial charge >= 0.3 is 6.18 Å². The fourth-order valence-electron chi connectivity index (χ4n) is 5.55. The van der Waals surface area contributed by atoms with Crippen molar-refractivity contribution in [3.05, 3.63) is 72.1 Å². The minimum atomic E-state index is -4.70. The van der Waals surface area contributed by atoms with Crippen molar-refractivity contribution in [2.45, 2.75) is 75.5 Å². The van der Waals surface area contributed by atoms with E-state index in [9.17, 15) is 13.2 Å². The fourth-order valence-corrected chi connectivity index (χ4v) is 5.55. The average Bonchev–Trinajstić information content (AvgIpc) is 3.44. The second-order valence-electron chi connectivity index (χ2n) is 10.6. The lowest BCUT2D eigenvalue weighted by atomic mass is 9.85. The summed E-state index contributed by atoms with van der Waals surface area (Å²) in [6.45, 7) is 0.357. The third-order valence-corrected chi connectivity index (χ3v) is 7.65. The van der Waals surface area contributed by atoms with Crippen LogP contribution < -0.4 is 10.1 Å². The van der Waals surface area contributed by atoms with Crippen LogP contribution in [0.15, 0.2) is 55.1 Å². The van der Waals surface area contributed by atoms with Crippen LogP contribution in [0.5, 0.6) is 5.88 Å². The van der Waals surface area contributed by atoms with Crippen LogP contribution in [0.1, 0.15) is 73.9 Å². The molecule has 1 aliphatic carbocycles. The van der Waals surface area contributed by atoms with Crippen LogP contribution in [0.25, 0.3) is 5.65 Å². The highest BCUT2D eigenvalue weighted by atomic mass is 19.4. The molecule has 2 fully saturated rings. The van der Waals surface area contributed by atoms with Gasteiger partial charge in [0.25, 0.3) is 0 Å². The number of nitrogens with zero attached hydrogens (tertiary/aromatic N) is 6. The number of alkyl halides is 3. The molecule has 4 aromatic heterocycles. The Bertz CT molecular complexity index is 1460. The molecule has 0 aromatic carbocycles. The Balaban J connectivity index is 1.18. The summed E-state index contributed by atoms with van der Waals surface area (Å²) in [6, 6.07) is 9.22. The molecule has 0 radical (unpaired) electrons. The van der Waals surface area contributed by atoms with Crippen LogP contribution in [-0.4, -0.2) is 55.1 Å². The first-order valence-electron chi connectivity index (χ1n) is 14.2. The molecule has 6 rings (SSSR count). The molecule has 2 unspecified atom stereocenters. The first-order valence-corrected chi connectivity index (χ1v) is 14.2. The molecule has 2 aliphatic rings. The van der Waals surface area contributed by atoms with Crippen molar-refractivity contribution in [2.24, 2.45) is 0 Å². The molecular formula is C29H32F3N7O3. The number of anilines is 1. The highest BCUT2D eigenvalue weighted by Crippen LogP contribution is 2.37. The summed E-state index contributed by atoms with van der Waals surface area (Å²) in [6.07, 6.45) is 6.03. The van der Waals surface area contributed by atoms with Gasteiger partial charge in [-0.2, -0.15) is 18.2 Å². The van der Waals surface area contributed by atoms with Gasteiger partial charge in [-0.25, -0.2) is 4.98 Å². The number of aromatic nitrogens is 6. The largest absolute Gasteiger partial charge is 0.474 e. The maximum absolute atomic E-state index is 13.9. The maximum atomic E-state index is 13.9. The summed E-state index contributed by atoms with van der Waals surface area (Å²) in [4.78, 5) is 12.3. The minimum Gasteiger partial charge on any atom is -0.474 e. The zero-order valence-corrected chi connectivity index (χ0v) is 22.9. The average molecular weight is 584 g/mol. The van der Waals surface area contributed by atoms with E-state index < -0.39 is 30.0 Å². The van der Waals surface area contributed by atoms with Gasteiger partial charge in [0, 0.05) is 48.9 Å². The van der Waals surface area contributed by atoms with E-state index in [4.69, 9.17) is 14.2 Å². The van der Waals surface area contributed by atoms with Crippen LogP contribution in [0, 0.1) is 0 Å². The molecule has 13 heteroatoms. The summed E-state index contributed by atoms with van der Waals surface area (Å²) in [7, 11) is 0. The Morgan fingerprint density at radius 2 is 1.98 bits per heavy atom. The summed E-state index contributed by atoms with van der Waals surface area (Å²) in [5, 5.41) is 11.9. The third-order valence-electron chi connectivity index (χ3n) is 7.65. The second kappa shape index (κ2) is 12.6. The second-order valence-corrected chi connectivity index (χ2v) is 10.6. The van der Waals surface area contributed by atoms with Crippen LogP contribution in [0.2, 0.25) is 0 Å². The van der Waals surface area contributed by atoms with E-state index in [1.54, 1.807) is 24.5 Å². The molecule has 5 heterocycles. The maximum Gasteiger partial charge on any atom is 0.423 e. The smallest absolute Gasteiger partial charge is 0.423 e. The molecule has 0 amide bonds. The highest BCUT2D eigenvalue weighted by Gasteiger charge is 2.37. The van der Waals surface area contributed by atoms with Crippen molar-refractivity contribution in [3.8, 4) is 5.88 Å². The van der Waals surface area contributed by atoms with Crippen LogP contribution in [0.3, 0.4) is 0 Å². The molecule has 1 aliphatic heterocycles. The fraction of sp³-hybridized carbons (Fsp3) is 0.483. The van der Waals surface area contributed by atoms with Gasteiger partial charge in [-0.1, -0.05) is 18.6 Å². The van der Waals surface area contributed by atoms with Gasteiger partial charge in [-0.3, -0.25) is 9.38 Å². The molecule has 4 aromatic rings. The molecule has 0 bridgehead atoms. The number of hydrogen-bond donors (Lipinski definition) is 1. The zero-order valence-electron chi connectivity index (χ0n) is 22.9. The number of pyridine rings is 2. The van der Waals surface area contributed by atoms with E-state index in [1.807, 2.05) is 28.8 Å². The van der Waals surface area contributed by atoms with Gasteiger partial charge in [0.15, 0.2) is 11.9 Å². The normalized spacial score (nSPS) is 22.1. The number of rotatable bonds is 9. The molecular weight excluding hydrogens is 551 g/mol. The standard InChI is InChI=1S/C29H32F3N7O3/c30-29(31,32)22-17-34-28(35-21-9-5-7-19(15-21)26-38-37-24-10-1-3-13-39(24)26)36-27(22)41-18-23(20-8-6-12-33-16-20)42-25-11-2-4-14-40-25/h1,3,6,8,10,12-13,16-17,19,21,23,25H,2,4-5,7,9,11,14-15,18H2,(H,34,35,36)/t19-,21+,23?,25?/m0/s1. The van der Waals surface area contributed by atoms with Gasteiger partial charge in [0.1, 0.15) is 24.1 Å². The van der Waals surface area contributed by atoms with E-state index >= 15 is 0 Å². The molecule has 1 saturated carbocycles. The predicted octanol–water partition coefficient (Wildman–Crippen LogP) is 5.73. The number of hydrogen-bond acceptors (Lipinski definition) is 9. The van der Waals surface area contributed by atoms with E-state index in [1.165, 1.54) is 0 Å². The Kier molecular flexibility index (Phi) is 8.47. The van der Waals surface area contributed by atoms with Crippen molar-refractivity contribution < 1.29 is 27.4 Å². The van der Waals surface area contributed by atoms with Gasteiger partial charge in [-0.05, 0) is 56.7 Å². The lowest BCUT2D eigenvalue weighted by Crippen LogP contribution is -2.29. The van der Waals surface area contributed by atoms with Crippen molar-refractivity contribution in [2.75, 3.05) is 18.5 Å². The van der Waals surface area contributed by atoms with Gasteiger partial charge in [-0.15, -0.1) is 10.2 Å². The summed E-state index contributed by atoms with van der Waals surface area (Å²) in [5.41, 5.74) is 0.393. The van der Waals surface area contributed by atoms with Crippen molar-refractivity contribution in [3.63, 3.8) is 0 Å². The Morgan fingerprint density at radius 3 is 2.79 bits per heavy atom. The molecule has 42 heavy (non-hydrogen) atoms. The Hall–Kier alpha value is -3.84. The molecule has 1 N–H and O–H groups in total. The quantitative estimate of drug-likeness (QED) is 0.264. The lowest BCUT2D eigenvalue weighted by molar-refractivity contribution is -0.195. The van der Waals surface area contributed by atoms with E-state index in [2.05, 4.69) is 30.5 Å². The summed E-state index contributed by atoms with van der Waals surface area (Å²) >= 11 is 0. The van der Waals surface area contributed by atoms with E-state index in [0.29, 0.717) is 25.0 Å². The minimum absolute atomic E-state index is 0.0562. The number of fused-ring (bicyclic) bond motifs is 1. The van der Waals surface area contributed by atoms with Crippen LogP contribution in [0.4, 0.5) is 19.1 Å². The van der Waals surface area contributed by atoms with Crippen LogP contribution in [-0.2, 0) is 15.7 Å². The molecule has 4 atom stereocenters. The molecule has 0 spiro atoms. The lowest BCUT2D eigenvalue weighted by Gasteiger charge is -2.29. The van der Waals surface area contributed by atoms with E-state index in [-0.39, 0.29) is 24.5 Å². The highest BCUT2D eigenvalue weighted by molar-refractivity contribution is 5.38. The summed E-state index contributed by atoms with van der Waals surface area (Å²) in [5.74, 6) is 0.526. The van der Waals surface area contributed by atoms with E-state index in [0.717, 1.165) is 49.8 Å². The van der Waals surface area contributed by atoms with Crippen molar-refractivity contribution in [1.29, 1.82) is 0 Å². The number of nitrogens with one attached hydrogen (secondary N) is 1. The first kappa shape index (κ1) is 28.3. The molecule has 1 saturated heterocycles. The van der Waals surface area contributed by atoms with Gasteiger partial charge in [0.2, 0.25) is 11.8 Å². The molecule has 222 valence electrons. The van der Waals surface area contributed by atoms with Crippen LogP contribution >= 0.6 is 0 Å². The van der Waals surface area contributed by atoms with Crippen molar-refractivity contribution >= 4 is 11.6 Å². The first-order chi connectivity index (χ1) is 20.4. The number of ether oxygens (including phenoxy) is 3. The molecule has 10 nitrogen and oxygen atoms in total. The van der Waals surface area contributed by atoms with Gasteiger partial charge < -0.3 is 19.5 Å². The summed E-state index contributed by atoms with van der Waals surface area (Å²) < 4.78 is 61.3. The Labute approximate surface area is 240 Å². The topological polar surface area (TPSA) is 109 Å². The monoisotopic (exact) mass is 583 g/mol. The number of halogens is 3. The van der Waals surface area contributed by atoms with Gasteiger partial charge in [0.05, 0.1) is 0 Å². The zero-order chi connectivity index (χ0) is 28.9. The third kappa shape index (κ3) is 6.62. The Morgan fingerprint density at radius 1 is 1.05 bits per heavy atom. The SMILES string of the molecule is FC(F)(F)c1cnc(N[C@@H]2CCC[C@H](c3nnc4ccccn34)C2)nc1OCC(OC1CCCCO1)c1cccnc1.